The molecule has 0 radical (unpaired) electrons. The van der Waals surface area contributed by atoms with Crippen LogP contribution in [0.3, 0.4) is 0 Å². The average molecular weight is 381 g/mol. The van der Waals surface area contributed by atoms with Gasteiger partial charge in [0.25, 0.3) is 6.43 Å². The molecule has 2 atom stereocenters. The van der Waals surface area contributed by atoms with Crippen molar-refractivity contribution in [1.82, 2.24) is 4.98 Å². The fourth-order valence-corrected chi connectivity index (χ4v) is 3.63. The number of ketones is 2. The van der Waals surface area contributed by atoms with Gasteiger partial charge in [-0.05, 0) is 31.4 Å². The van der Waals surface area contributed by atoms with Gasteiger partial charge in [-0.15, -0.1) is 0 Å². The summed E-state index contributed by atoms with van der Waals surface area (Å²) >= 11 is 0. The van der Waals surface area contributed by atoms with Gasteiger partial charge in [0.2, 0.25) is 0 Å². The molecule has 0 spiro atoms. The van der Waals surface area contributed by atoms with Gasteiger partial charge in [0.1, 0.15) is 17.0 Å². The molecule has 1 aromatic rings. The largest absolute Gasteiger partial charge is 0.506 e. The van der Waals surface area contributed by atoms with E-state index in [0.29, 0.717) is 25.9 Å². The third kappa shape index (κ3) is 3.91. The highest BCUT2D eigenvalue weighted by Gasteiger charge is 2.45. The SMILES string of the molecule is COCCOCc1nc(C(F)F)ccc1C(O)=C1C(=O)C2CCC(C2)C1=O. The molecule has 2 aliphatic rings. The number of carbonyl (C=O) groups is 2. The minimum atomic E-state index is -2.79. The number of Topliss-reactive ketones (excluding diaryl/α,β-unsaturated/α-hetero) is 2. The second kappa shape index (κ2) is 8.22. The zero-order valence-corrected chi connectivity index (χ0v) is 14.9. The number of aliphatic hydroxyl groups excluding tert-OH is 1. The van der Waals surface area contributed by atoms with E-state index >= 15 is 0 Å². The molecule has 8 heteroatoms. The van der Waals surface area contributed by atoms with E-state index in [4.69, 9.17) is 9.47 Å². The number of hydrogen-bond acceptors (Lipinski definition) is 6. The molecule has 0 aliphatic heterocycles. The van der Waals surface area contributed by atoms with Crippen LogP contribution >= 0.6 is 0 Å². The predicted molar refractivity (Wildman–Crippen MR) is 91.1 cm³/mol. The number of alkyl halides is 2. The molecule has 1 heterocycles. The maximum absolute atomic E-state index is 13.0. The summed E-state index contributed by atoms with van der Waals surface area (Å²) in [6.07, 6.45) is -1.02. The summed E-state index contributed by atoms with van der Waals surface area (Å²) in [7, 11) is 1.50. The summed E-state index contributed by atoms with van der Waals surface area (Å²) in [5.74, 6) is -1.79. The molecule has 0 aromatic carbocycles. The number of aliphatic hydroxyl groups is 1. The van der Waals surface area contributed by atoms with Crippen molar-refractivity contribution in [3.05, 3.63) is 34.7 Å². The van der Waals surface area contributed by atoms with Crippen LogP contribution in [0.25, 0.3) is 5.76 Å². The van der Waals surface area contributed by atoms with Crippen LogP contribution in [0.4, 0.5) is 8.78 Å². The number of rotatable bonds is 7. The highest BCUT2D eigenvalue weighted by Crippen LogP contribution is 2.42. The van der Waals surface area contributed by atoms with Crippen molar-refractivity contribution in [2.45, 2.75) is 32.3 Å². The number of methoxy groups -OCH3 is 1. The molecule has 0 amide bonds. The molecular formula is C19H21F2NO5. The average Bonchev–Trinajstić information content (AvgIpc) is 3.11. The molecule has 1 aromatic heterocycles. The first kappa shape index (κ1) is 19.6. The number of pyridine rings is 1. The lowest BCUT2D eigenvalue weighted by Gasteiger charge is -2.21. The molecule has 3 rings (SSSR count). The topological polar surface area (TPSA) is 85.7 Å². The molecule has 27 heavy (non-hydrogen) atoms. The van der Waals surface area contributed by atoms with Crippen molar-refractivity contribution < 1.29 is 33.0 Å². The van der Waals surface area contributed by atoms with Gasteiger partial charge in [-0.25, -0.2) is 13.8 Å². The van der Waals surface area contributed by atoms with E-state index in [1.165, 1.54) is 13.2 Å². The van der Waals surface area contributed by atoms with Crippen molar-refractivity contribution in [2.24, 2.45) is 11.8 Å². The van der Waals surface area contributed by atoms with E-state index in [0.717, 1.165) is 6.07 Å². The normalized spacial score (nSPS) is 22.0. The van der Waals surface area contributed by atoms with Gasteiger partial charge >= 0.3 is 0 Å². The minimum Gasteiger partial charge on any atom is -0.506 e. The molecule has 2 aliphatic carbocycles. The summed E-state index contributed by atoms with van der Waals surface area (Å²) in [6.45, 7) is 0.346. The smallest absolute Gasteiger partial charge is 0.280 e. The van der Waals surface area contributed by atoms with Gasteiger partial charge < -0.3 is 14.6 Å². The number of fused-ring (bicyclic) bond motifs is 2. The Kier molecular flexibility index (Phi) is 5.96. The number of halogens is 2. The molecule has 2 fully saturated rings. The zero-order valence-electron chi connectivity index (χ0n) is 14.9. The van der Waals surface area contributed by atoms with Gasteiger partial charge in [0.05, 0.1) is 25.5 Å². The van der Waals surface area contributed by atoms with E-state index in [1.54, 1.807) is 0 Å². The summed E-state index contributed by atoms with van der Waals surface area (Å²) in [6, 6.07) is 2.32. The Hall–Kier alpha value is -2.19. The first-order valence-electron chi connectivity index (χ1n) is 8.80. The van der Waals surface area contributed by atoms with E-state index in [-0.39, 0.29) is 53.4 Å². The Morgan fingerprint density at radius 1 is 1.22 bits per heavy atom. The molecule has 2 bridgehead atoms. The van der Waals surface area contributed by atoms with E-state index in [9.17, 15) is 23.5 Å². The monoisotopic (exact) mass is 381 g/mol. The summed E-state index contributed by atoms with van der Waals surface area (Å²) in [4.78, 5) is 29.0. The second-order valence-electron chi connectivity index (χ2n) is 6.74. The van der Waals surface area contributed by atoms with Crippen molar-refractivity contribution in [3.63, 3.8) is 0 Å². The Morgan fingerprint density at radius 2 is 1.89 bits per heavy atom. The summed E-state index contributed by atoms with van der Waals surface area (Å²) in [5, 5.41) is 10.7. The van der Waals surface area contributed by atoms with E-state index < -0.39 is 17.9 Å². The molecule has 6 nitrogen and oxygen atoms in total. The van der Waals surface area contributed by atoms with Gasteiger partial charge in [0.15, 0.2) is 11.6 Å². The van der Waals surface area contributed by atoms with Crippen LogP contribution in [0.5, 0.6) is 0 Å². The number of nitrogens with zero attached hydrogens (tertiary/aromatic N) is 1. The molecule has 0 saturated heterocycles. The Morgan fingerprint density at radius 3 is 2.48 bits per heavy atom. The lowest BCUT2D eigenvalue weighted by atomic mass is 9.81. The maximum Gasteiger partial charge on any atom is 0.280 e. The lowest BCUT2D eigenvalue weighted by molar-refractivity contribution is -0.127. The fraction of sp³-hybridized carbons (Fsp3) is 0.526. The van der Waals surface area contributed by atoms with Crippen molar-refractivity contribution in [3.8, 4) is 0 Å². The highest BCUT2D eigenvalue weighted by molar-refractivity contribution is 6.27. The standard InChI is InChI=1S/C19H21F2NO5/c1-26-6-7-27-9-14-12(4-5-13(22-14)19(20)21)18(25)15-16(23)10-2-3-11(8-10)17(15)24/h4-5,10-11,19,25H,2-3,6-9H2,1H3. The number of hydrogen-bond donors (Lipinski definition) is 1. The number of carbonyl (C=O) groups excluding carboxylic acids is 2. The van der Waals surface area contributed by atoms with Crippen LogP contribution in [0.15, 0.2) is 17.7 Å². The van der Waals surface area contributed by atoms with Crippen LogP contribution in [0.1, 0.15) is 42.6 Å². The number of ether oxygens (including phenoxy) is 2. The lowest BCUT2D eigenvalue weighted by Crippen LogP contribution is -2.30. The number of aromatic nitrogens is 1. The van der Waals surface area contributed by atoms with Gasteiger partial charge in [-0.3, -0.25) is 9.59 Å². The van der Waals surface area contributed by atoms with Crippen LogP contribution in [0.2, 0.25) is 0 Å². The molecule has 1 N–H and O–H groups in total. The fourth-order valence-electron chi connectivity index (χ4n) is 3.63. The van der Waals surface area contributed by atoms with Gasteiger partial charge in [-0.1, -0.05) is 0 Å². The summed E-state index contributed by atoms with van der Waals surface area (Å²) in [5.41, 5.74) is -0.594. The van der Waals surface area contributed by atoms with E-state index in [2.05, 4.69) is 4.98 Å². The van der Waals surface area contributed by atoms with Crippen LogP contribution in [0, 0.1) is 11.8 Å². The Bertz CT molecular complexity index is 753. The molecule has 2 unspecified atom stereocenters. The van der Waals surface area contributed by atoms with Gasteiger partial charge in [-0.2, -0.15) is 0 Å². The molecule has 2 saturated carbocycles. The Balaban J connectivity index is 1.98. The van der Waals surface area contributed by atoms with Crippen LogP contribution in [-0.2, 0) is 25.7 Å². The minimum absolute atomic E-state index is 0.0485. The first-order chi connectivity index (χ1) is 12.9. The Labute approximate surface area is 155 Å². The molecule has 146 valence electrons. The number of allylic oxidation sites excluding steroid dienone is 1. The van der Waals surface area contributed by atoms with Crippen molar-refractivity contribution in [1.29, 1.82) is 0 Å². The quantitative estimate of drug-likeness (QED) is 0.338. The van der Waals surface area contributed by atoms with Crippen molar-refractivity contribution in [2.75, 3.05) is 20.3 Å². The third-order valence-corrected chi connectivity index (χ3v) is 5.05. The van der Waals surface area contributed by atoms with E-state index in [1.807, 2.05) is 0 Å². The van der Waals surface area contributed by atoms with Crippen molar-refractivity contribution >= 4 is 17.3 Å². The summed E-state index contributed by atoms with van der Waals surface area (Å²) < 4.78 is 36.2. The highest BCUT2D eigenvalue weighted by atomic mass is 19.3. The maximum atomic E-state index is 13.0. The first-order valence-corrected chi connectivity index (χ1v) is 8.80. The molecular weight excluding hydrogens is 360 g/mol. The predicted octanol–water partition coefficient (Wildman–Crippen LogP) is 3.02. The van der Waals surface area contributed by atoms with Crippen LogP contribution < -0.4 is 0 Å². The zero-order chi connectivity index (χ0) is 19.6. The second-order valence-corrected chi connectivity index (χ2v) is 6.74. The third-order valence-electron chi connectivity index (χ3n) is 5.05. The van der Waals surface area contributed by atoms with Gasteiger partial charge in [0, 0.05) is 24.5 Å². The van der Waals surface area contributed by atoms with Crippen LogP contribution in [-0.4, -0.2) is 42.0 Å².